The molecule has 0 amide bonds. The van der Waals surface area contributed by atoms with Crippen molar-refractivity contribution in [2.75, 3.05) is 0 Å². The van der Waals surface area contributed by atoms with Crippen LogP contribution in [0.5, 0.6) is 0 Å². The van der Waals surface area contributed by atoms with Gasteiger partial charge in [0, 0.05) is 5.56 Å². The monoisotopic (exact) mass is 371 g/mol. The van der Waals surface area contributed by atoms with Gasteiger partial charge in [0.2, 0.25) is 5.78 Å². The summed E-state index contributed by atoms with van der Waals surface area (Å²) in [5.74, 6) is -0.107. The van der Waals surface area contributed by atoms with Crippen molar-refractivity contribution in [2.24, 2.45) is 10.8 Å². The molecule has 4 rings (SSSR count). The molecule has 0 bridgehead atoms. The number of ketones is 1. The fraction of sp³-hybridized carbons (Fsp3) is 0.0455. The molecular formula is C22H17N3OS. The topological polar surface area (TPSA) is 67.5 Å². The molecule has 3 aromatic carbocycles. The van der Waals surface area contributed by atoms with Gasteiger partial charge in [-0.3, -0.25) is 10.2 Å². The van der Waals surface area contributed by atoms with Gasteiger partial charge in [-0.2, -0.15) is 5.10 Å². The molecule has 0 aromatic heterocycles. The van der Waals surface area contributed by atoms with Gasteiger partial charge in [0.05, 0.1) is 0 Å². The molecule has 3 N–H and O–H groups in total. The van der Waals surface area contributed by atoms with Crippen LogP contribution in [0.4, 0.5) is 0 Å². The average molecular weight is 371 g/mol. The summed E-state index contributed by atoms with van der Waals surface area (Å²) in [5, 5.41) is 4.26. The van der Waals surface area contributed by atoms with Crippen LogP contribution in [-0.4, -0.2) is 16.6 Å². The van der Waals surface area contributed by atoms with Gasteiger partial charge in [0.25, 0.3) is 0 Å². The van der Waals surface area contributed by atoms with E-state index >= 15 is 0 Å². The largest absolute Gasteiger partial charge is 0.375 e. The van der Waals surface area contributed by atoms with E-state index in [0.717, 1.165) is 22.3 Å². The summed E-state index contributed by atoms with van der Waals surface area (Å²) in [6.07, 6.45) is 0. The van der Waals surface area contributed by atoms with E-state index in [0.29, 0.717) is 5.71 Å². The lowest BCUT2D eigenvalue weighted by molar-refractivity contribution is -0.115. The number of carbonyl (C=O) groups excluding carboxylic acids is 1. The van der Waals surface area contributed by atoms with Crippen molar-refractivity contribution >= 4 is 28.8 Å². The van der Waals surface area contributed by atoms with Gasteiger partial charge in [-0.15, -0.1) is 0 Å². The van der Waals surface area contributed by atoms with Crippen LogP contribution < -0.4 is 11.2 Å². The number of benzene rings is 3. The number of nitrogens with zero attached hydrogens (tertiary/aromatic N) is 1. The second-order valence-corrected chi connectivity index (χ2v) is 6.73. The molecule has 0 unspecified atom stereocenters. The lowest BCUT2D eigenvalue weighted by atomic mass is 9.69. The van der Waals surface area contributed by atoms with Crippen LogP contribution in [0.15, 0.2) is 90.0 Å². The highest BCUT2D eigenvalue weighted by Crippen LogP contribution is 2.46. The summed E-state index contributed by atoms with van der Waals surface area (Å²) in [5.41, 5.74) is 10.9. The first-order valence-electron chi connectivity index (χ1n) is 8.54. The number of carbonyl (C=O) groups is 1. The van der Waals surface area contributed by atoms with Crippen molar-refractivity contribution in [1.29, 1.82) is 0 Å². The minimum Gasteiger partial charge on any atom is -0.375 e. The minimum absolute atomic E-state index is 0.0182. The summed E-state index contributed by atoms with van der Waals surface area (Å²) in [6, 6.07) is 27.3. The van der Waals surface area contributed by atoms with Crippen LogP contribution in [0, 0.1) is 0 Å². The predicted octanol–water partition coefficient (Wildman–Crippen LogP) is 3.14. The Hall–Kier alpha value is -3.31. The van der Waals surface area contributed by atoms with E-state index in [-0.39, 0.29) is 10.9 Å². The van der Waals surface area contributed by atoms with Gasteiger partial charge in [0.15, 0.2) is 5.11 Å². The maximum atomic E-state index is 13.8. The molecule has 0 heterocycles. The molecular weight excluding hydrogens is 354 g/mol. The van der Waals surface area contributed by atoms with Gasteiger partial charge in [0.1, 0.15) is 11.1 Å². The second-order valence-electron chi connectivity index (χ2n) is 6.29. The Labute approximate surface area is 162 Å². The highest BCUT2D eigenvalue weighted by atomic mass is 32.1. The zero-order valence-corrected chi connectivity index (χ0v) is 15.2. The maximum Gasteiger partial charge on any atom is 0.202 e. The van der Waals surface area contributed by atoms with E-state index in [4.69, 9.17) is 18.0 Å². The molecule has 0 aliphatic heterocycles. The van der Waals surface area contributed by atoms with Crippen LogP contribution >= 0.6 is 12.2 Å². The molecule has 1 aliphatic rings. The second kappa shape index (κ2) is 6.78. The van der Waals surface area contributed by atoms with E-state index in [1.54, 1.807) is 0 Å². The SMILES string of the molecule is NC(=S)N/N=C1\C(=O)C(c2ccccc2)(c2ccccc2)c2ccccc21. The number of nitrogens with two attached hydrogens (primary N) is 1. The van der Waals surface area contributed by atoms with Crippen molar-refractivity contribution in [3.05, 3.63) is 107 Å². The number of hydrazone groups is 1. The maximum absolute atomic E-state index is 13.8. The Morgan fingerprint density at radius 2 is 1.37 bits per heavy atom. The lowest BCUT2D eigenvalue weighted by Gasteiger charge is -2.29. The first-order valence-corrected chi connectivity index (χ1v) is 8.95. The van der Waals surface area contributed by atoms with Crippen molar-refractivity contribution in [3.63, 3.8) is 0 Å². The number of hydrogen-bond donors (Lipinski definition) is 2. The normalized spacial score (nSPS) is 16.1. The summed E-state index contributed by atoms with van der Waals surface area (Å²) < 4.78 is 0. The molecule has 1 aliphatic carbocycles. The fourth-order valence-electron chi connectivity index (χ4n) is 3.78. The zero-order chi connectivity index (χ0) is 18.9. The highest BCUT2D eigenvalue weighted by molar-refractivity contribution is 7.80. The standard InChI is InChI=1S/C22H17N3OS/c23-21(27)25-24-19-17-13-7-8-14-18(17)22(20(19)26,15-9-3-1-4-10-15)16-11-5-2-6-12-16/h1-14H,(H3,23,25,27)/b24-19-. The average Bonchev–Trinajstić information content (AvgIpc) is 2.96. The molecule has 0 atom stereocenters. The highest BCUT2D eigenvalue weighted by Gasteiger charge is 2.52. The van der Waals surface area contributed by atoms with Crippen molar-refractivity contribution in [3.8, 4) is 0 Å². The van der Waals surface area contributed by atoms with Crippen molar-refractivity contribution in [2.45, 2.75) is 5.41 Å². The van der Waals surface area contributed by atoms with Gasteiger partial charge in [-0.1, -0.05) is 84.9 Å². The number of Topliss-reactive ketones (excluding diaryl/α,β-unsaturated/α-hetero) is 1. The fourth-order valence-corrected chi connectivity index (χ4v) is 3.82. The number of rotatable bonds is 3. The minimum atomic E-state index is -0.962. The van der Waals surface area contributed by atoms with Gasteiger partial charge >= 0.3 is 0 Å². The lowest BCUT2D eigenvalue weighted by Crippen LogP contribution is -2.37. The molecule has 0 saturated carbocycles. The quantitative estimate of drug-likeness (QED) is 0.548. The molecule has 5 heteroatoms. The smallest absolute Gasteiger partial charge is 0.202 e. The Morgan fingerprint density at radius 1 is 0.852 bits per heavy atom. The van der Waals surface area contributed by atoms with E-state index in [9.17, 15) is 4.79 Å². The molecule has 27 heavy (non-hydrogen) atoms. The molecule has 132 valence electrons. The Balaban J connectivity index is 2.07. The zero-order valence-electron chi connectivity index (χ0n) is 14.4. The third-order valence-corrected chi connectivity index (χ3v) is 4.92. The summed E-state index contributed by atoms with van der Waals surface area (Å²) in [7, 11) is 0. The molecule has 0 fully saturated rings. The van der Waals surface area contributed by atoms with Crippen LogP contribution in [0.2, 0.25) is 0 Å². The predicted molar refractivity (Wildman–Crippen MR) is 111 cm³/mol. The Morgan fingerprint density at radius 3 is 1.93 bits per heavy atom. The summed E-state index contributed by atoms with van der Waals surface area (Å²) in [6.45, 7) is 0. The molecule has 0 radical (unpaired) electrons. The van der Waals surface area contributed by atoms with E-state index in [2.05, 4.69) is 10.5 Å². The molecule has 0 saturated heterocycles. The number of fused-ring (bicyclic) bond motifs is 1. The van der Waals surface area contributed by atoms with Gasteiger partial charge < -0.3 is 5.73 Å². The molecule has 4 nitrogen and oxygen atoms in total. The van der Waals surface area contributed by atoms with Crippen LogP contribution in [0.25, 0.3) is 0 Å². The number of thiocarbonyl (C=S) groups is 1. The number of nitrogens with one attached hydrogen (secondary N) is 1. The number of hydrogen-bond acceptors (Lipinski definition) is 3. The molecule has 3 aromatic rings. The van der Waals surface area contributed by atoms with Crippen molar-refractivity contribution < 1.29 is 4.79 Å². The van der Waals surface area contributed by atoms with Crippen LogP contribution in [0.1, 0.15) is 22.3 Å². The summed E-state index contributed by atoms with van der Waals surface area (Å²) >= 11 is 4.86. The van der Waals surface area contributed by atoms with E-state index in [1.165, 1.54) is 0 Å². The van der Waals surface area contributed by atoms with Crippen LogP contribution in [0.3, 0.4) is 0 Å². The van der Waals surface area contributed by atoms with Gasteiger partial charge in [-0.25, -0.2) is 0 Å². The van der Waals surface area contributed by atoms with Crippen LogP contribution in [-0.2, 0) is 10.2 Å². The van der Waals surface area contributed by atoms with E-state index in [1.807, 2.05) is 84.9 Å². The Bertz CT molecular complexity index is 1010. The first kappa shape index (κ1) is 17.1. The first-order chi connectivity index (χ1) is 13.2. The third-order valence-electron chi connectivity index (χ3n) is 4.83. The van der Waals surface area contributed by atoms with E-state index < -0.39 is 5.41 Å². The van der Waals surface area contributed by atoms with Gasteiger partial charge in [-0.05, 0) is 28.9 Å². The molecule has 0 spiro atoms. The summed E-state index contributed by atoms with van der Waals surface area (Å²) in [4.78, 5) is 13.8. The third kappa shape index (κ3) is 2.64. The Kier molecular flexibility index (Phi) is 4.30. The van der Waals surface area contributed by atoms with Crippen molar-refractivity contribution in [1.82, 2.24) is 5.43 Å².